The maximum Gasteiger partial charge on any atom is 0.433 e. The van der Waals surface area contributed by atoms with E-state index in [1.807, 2.05) is 0 Å². The van der Waals surface area contributed by atoms with Gasteiger partial charge in [0.25, 0.3) is 5.91 Å². The topological polar surface area (TPSA) is 63.7 Å². The molecule has 1 N–H and O–H groups in total. The molecule has 13 heteroatoms. The molecule has 6 nitrogen and oxygen atoms in total. The van der Waals surface area contributed by atoms with Crippen LogP contribution in [0.1, 0.15) is 36.8 Å². The predicted molar refractivity (Wildman–Crippen MR) is 130 cm³/mol. The van der Waals surface area contributed by atoms with Crippen LogP contribution in [0.4, 0.5) is 36.4 Å². The average Bonchev–Trinajstić information content (AvgIpc) is 3.19. The lowest BCUT2D eigenvalue weighted by Gasteiger charge is -2.29. The molecular weight excluding hydrogens is 547 g/mol. The average molecular weight is 569 g/mol. The number of aromatic nitrogens is 1. The summed E-state index contributed by atoms with van der Waals surface area (Å²) >= 11 is 0. The summed E-state index contributed by atoms with van der Waals surface area (Å²) in [7, 11) is 0. The number of amides is 1. The number of rotatable bonds is 9. The molecule has 2 aromatic carbocycles. The minimum Gasteiger partial charge on any atom is -0.435 e. The maximum atomic E-state index is 13.6. The number of anilines is 1. The first-order valence-electron chi connectivity index (χ1n) is 11.7. The fourth-order valence-electron chi connectivity index (χ4n) is 4.18. The van der Waals surface area contributed by atoms with E-state index in [-0.39, 0.29) is 28.6 Å². The quantitative estimate of drug-likeness (QED) is 0.287. The first-order valence-corrected chi connectivity index (χ1v) is 11.7. The summed E-state index contributed by atoms with van der Waals surface area (Å²) in [6.45, 7) is -3.08. The molecule has 0 saturated carbocycles. The molecule has 0 fully saturated rings. The summed E-state index contributed by atoms with van der Waals surface area (Å²) in [5, 5.41) is 2.95. The summed E-state index contributed by atoms with van der Waals surface area (Å²) < 4.78 is 99.4. The zero-order valence-electron chi connectivity index (χ0n) is 20.9. The smallest absolute Gasteiger partial charge is 0.433 e. The van der Waals surface area contributed by atoms with Crippen molar-refractivity contribution in [2.75, 3.05) is 4.90 Å². The Bertz CT molecular complexity index is 1390. The Morgan fingerprint density at radius 1 is 0.850 bits per heavy atom. The standard InChI is InChI=1S/C27H22F7N3O3/c1-26(2,21-7-4-8-22(35-21)27(32,33)34)36-19-14-20(15-5-3-6-18(13-15)40-25(30)31)37(23(19)38)16-9-11-17(12-10-16)39-24(28)29/h3-14,20,24-25,36H,1-2H3. The van der Waals surface area contributed by atoms with Crippen molar-refractivity contribution in [3.63, 3.8) is 0 Å². The van der Waals surface area contributed by atoms with Gasteiger partial charge in [0.2, 0.25) is 0 Å². The molecule has 0 aliphatic carbocycles. The largest absolute Gasteiger partial charge is 0.435 e. The molecule has 0 radical (unpaired) electrons. The number of alkyl halides is 7. The summed E-state index contributed by atoms with van der Waals surface area (Å²) in [5.74, 6) is -0.936. The van der Waals surface area contributed by atoms with Gasteiger partial charge in [-0.15, -0.1) is 0 Å². The van der Waals surface area contributed by atoms with Crippen LogP contribution in [-0.2, 0) is 16.5 Å². The lowest BCUT2D eigenvalue weighted by atomic mass is 9.98. The van der Waals surface area contributed by atoms with Gasteiger partial charge in [-0.05, 0) is 74.0 Å². The number of hydrogen-bond donors (Lipinski definition) is 1. The van der Waals surface area contributed by atoms with E-state index < -0.39 is 42.6 Å². The fourth-order valence-corrected chi connectivity index (χ4v) is 4.18. The number of pyridine rings is 1. The Labute approximate surface area is 224 Å². The zero-order valence-corrected chi connectivity index (χ0v) is 20.9. The second kappa shape index (κ2) is 11.1. The molecule has 1 atom stereocenters. The van der Waals surface area contributed by atoms with Gasteiger partial charge in [-0.2, -0.15) is 30.7 Å². The number of carbonyl (C=O) groups is 1. The van der Waals surface area contributed by atoms with Crippen molar-refractivity contribution in [2.24, 2.45) is 0 Å². The van der Waals surface area contributed by atoms with Gasteiger partial charge in [0.05, 0.1) is 23.0 Å². The molecular formula is C27H22F7N3O3. The van der Waals surface area contributed by atoms with Crippen molar-refractivity contribution in [3.8, 4) is 11.5 Å². The molecule has 3 aromatic rings. The summed E-state index contributed by atoms with van der Waals surface area (Å²) in [6, 6.07) is 13.3. The van der Waals surface area contributed by atoms with Crippen LogP contribution in [0.15, 0.2) is 78.5 Å². The Kier molecular flexibility index (Phi) is 7.94. The molecule has 1 aliphatic heterocycles. The van der Waals surface area contributed by atoms with Crippen LogP contribution in [0.5, 0.6) is 11.5 Å². The van der Waals surface area contributed by atoms with Crippen LogP contribution in [0.2, 0.25) is 0 Å². The van der Waals surface area contributed by atoms with Crippen molar-refractivity contribution in [3.05, 3.63) is 95.5 Å². The molecule has 40 heavy (non-hydrogen) atoms. The minimum atomic E-state index is -4.68. The lowest BCUT2D eigenvalue weighted by Crippen LogP contribution is -2.41. The fraction of sp³-hybridized carbons (Fsp3) is 0.259. The summed E-state index contributed by atoms with van der Waals surface area (Å²) in [4.78, 5) is 18.6. The molecule has 0 spiro atoms. The van der Waals surface area contributed by atoms with Gasteiger partial charge < -0.3 is 14.8 Å². The van der Waals surface area contributed by atoms with E-state index in [4.69, 9.17) is 0 Å². The molecule has 1 aliphatic rings. The van der Waals surface area contributed by atoms with Gasteiger partial charge in [0, 0.05) is 5.69 Å². The minimum absolute atomic E-state index is 0.00635. The molecule has 212 valence electrons. The van der Waals surface area contributed by atoms with Crippen molar-refractivity contribution in [1.82, 2.24) is 10.3 Å². The first kappa shape index (κ1) is 28.7. The van der Waals surface area contributed by atoms with Crippen LogP contribution < -0.4 is 19.7 Å². The third kappa shape index (κ3) is 6.46. The molecule has 4 rings (SSSR count). The van der Waals surface area contributed by atoms with Gasteiger partial charge in [-0.25, -0.2) is 4.98 Å². The molecule has 0 bridgehead atoms. The van der Waals surface area contributed by atoms with Crippen LogP contribution >= 0.6 is 0 Å². The van der Waals surface area contributed by atoms with Crippen molar-refractivity contribution in [1.29, 1.82) is 0 Å². The Balaban J connectivity index is 1.71. The number of hydrogen-bond acceptors (Lipinski definition) is 5. The monoisotopic (exact) mass is 569 g/mol. The van der Waals surface area contributed by atoms with E-state index >= 15 is 0 Å². The van der Waals surface area contributed by atoms with E-state index in [2.05, 4.69) is 19.8 Å². The van der Waals surface area contributed by atoms with Crippen LogP contribution in [-0.4, -0.2) is 24.1 Å². The second-order valence-electron chi connectivity index (χ2n) is 9.18. The number of nitrogens with one attached hydrogen (secondary N) is 1. The third-order valence-electron chi connectivity index (χ3n) is 5.94. The van der Waals surface area contributed by atoms with Gasteiger partial charge in [0.15, 0.2) is 0 Å². The zero-order chi connectivity index (χ0) is 29.2. The van der Waals surface area contributed by atoms with Gasteiger partial charge in [-0.1, -0.05) is 18.2 Å². The SMILES string of the molecule is CC(C)(NC1=CC(c2cccc(OC(F)F)c2)N(c2ccc(OC(F)F)cc2)C1=O)c1cccc(C(F)(F)F)n1. The van der Waals surface area contributed by atoms with E-state index in [0.717, 1.165) is 6.07 Å². The summed E-state index contributed by atoms with van der Waals surface area (Å²) in [6.07, 6.45) is -3.20. The molecule has 2 heterocycles. The number of benzene rings is 2. The van der Waals surface area contributed by atoms with Crippen LogP contribution in [0.25, 0.3) is 0 Å². The van der Waals surface area contributed by atoms with E-state index in [9.17, 15) is 35.5 Å². The summed E-state index contributed by atoms with van der Waals surface area (Å²) in [5.41, 5.74) is -1.76. The Hall–Kier alpha value is -4.29. The van der Waals surface area contributed by atoms with Gasteiger partial charge in [-0.3, -0.25) is 9.69 Å². The predicted octanol–water partition coefficient (Wildman–Crippen LogP) is 6.80. The van der Waals surface area contributed by atoms with Gasteiger partial charge in [0.1, 0.15) is 17.2 Å². The molecule has 1 aromatic heterocycles. The number of carbonyl (C=O) groups excluding carboxylic acids is 1. The van der Waals surface area contributed by atoms with Crippen molar-refractivity contribution >= 4 is 11.6 Å². The number of ether oxygens (including phenoxy) is 2. The highest BCUT2D eigenvalue weighted by Crippen LogP contribution is 2.38. The highest BCUT2D eigenvalue weighted by atomic mass is 19.4. The van der Waals surface area contributed by atoms with Gasteiger partial charge >= 0.3 is 19.4 Å². The van der Waals surface area contributed by atoms with E-state index in [1.54, 1.807) is 6.07 Å². The van der Waals surface area contributed by atoms with E-state index in [0.29, 0.717) is 5.56 Å². The first-order chi connectivity index (χ1) is 18.7. The highest BCUT2D eigenvalue weighted by molar-refractivity contribution is 6.09. The molecule has 1 unspecified atom stereocenters. The molecule has 0 saturated heterocycles. The Morgan fingerprint density at radius 2 is 1.45 bits per heavy atom. The van der Waals surface area contributed by atoms with Crippen molar-refractivity contribution < 1.29 is 45.0 Å². The number of nitrogens with zero attached hydrogens (tertiary/aromatic N) is 2. The van der Waals surface area contributed by atoms with Crippen LogP contribution in [0.3, 0.4) is 0 Å². The van der Waals surface area contributed by atoms with Crippen molar-refractivity contribution in [2.45, 2.75) is 44.8 Å². The van der Waals surface area contributed by atoms with E-state index in [1.165, 1.54) is 79.4 Å². The third-order valence-corrected chi connectivity index (χ3v) is 5.94. The second-order valence-corrected chi connectivity index (χ2v) is 9.18. The molecule has 1 amide bonds. The maximum absolute atomic E-state index is 13.6. The lowest BCUT2D eigenvalue weighted by molar-refractivity contribution is -0.141. The highest BCUT2D eigenvalue weighted by Gasteiger charge is 2.39. The van der Waals surface area contributed by atoms with Crippen LogP contribution in [0, 0.1) is 0 Å². The number of halogens is 7. The Morgan fingerprint density at radius 3 is 2.08 bits per heavy atom. The normalized spacial score (nSPS) is 16.0.